The Balaban J connectivity index is 2.20. The van der Waals surface area contributed by atoms with E-state index in [4.69, 9.17) is 15.6 Å². The average molecular weight is 227 g/mol. The SMILES string of the molecule is NC1CCC(OCC(O)C(F)(F)F)CC1. The first-order valence-corrected chi connectivity index (χ1v) is 5.01. The Kier molecular flexibility index (Phi) is 4.36. The molecule has 0 aliphatic heterocycles. The van der Waals surface area contributed by atoms with Crippen molar-refractivity contribution in [1.29, 1.82) is 0 Å². The molecule has 0 aromatic carbocycles. The predicted molar refractivity (Wildman–Crippen MR) is 48.2 cm³/mol. The number of nitrogens with two attached hydrogens (primary N) is 1. The van der Waals surface area contributed by atoms with E-state index in [2.05, 4.69) is 0 Å². The minimum Gasteiger partial charge on any atom is -0.382 e. The fourth-order valence-electron chi connectivity index (χ4n) is 1.58. The third-order valence-corrected chi connectivity index (χ3v) is 2.59. The Labute approximate surface area is 86.4 Å². The van der Waals surface area contributed by atoms with Crippen LogP contribution < -0.4 is 5.73 Å². The summed E-state index contributed by atoms with van der Waals surface area (Å²) in [6.07, 6.45) is -4.28. The monoisotopic (exact) mass is 227 g/mol. The highest BCUT2D eigenvalue weighted by atomic mass is 19.4. The van der Waals surface area contributed by atoms with Crippen LogP contribution in [0.15, 0.2) is 0 Å². The molecule has 0 amide bonds. The van der Waals surface area contributed by atoms with E-state index >= 15 is 0 Å². The first kappa shape index (κ1) is 12.7. The second-order valence-electron chi connectivity index (χ2n) is 3.93. The molecule has 0 saturated heterocycles. The first-order valence-electron chi connectivity index (χ1n) is 5.01. The molecule has 1 atom stereocenters. The van der Waals surface area contributed by atoms with Crippen LogP contribution in [0.5, 0.6) is 0 Å². The lowest BCUT2D eigenvalue weighted by Gasteiger charge is -2.27. The zero-order chi connectivity index (χ0) is 11.5. The van der Waals surface area contributed by atoms with Gasteiger partial charge in [-0.25, -0.2) is 0 Å². The van der Waals surface area contributed by atoms with Crippen LogP contribution in [0.25, 0.3) is 0 Å². The third kappa shape index (κ3) is 4.36. The summed E-state index contributed by atoms with van der Waals surface area (Å²) in [5.74, 6) is 0. The lowest BCUT2D eigenvalue weighted by atomic mass is 9.94. The summed E-state index contributed by atoms with van der Waals surface area (Å²) in [6.45, 7) is -0.677. The van der Waals surface area contributed by atoms with E-state index < -0.39 is 18.9 Å². The number of ether oxygens (including phenoxy) is 1. The number of hydrogen-bond donors (Lipinski definition) is 2. The van der Waals surface area contributed by atoms with E-state index in [0.29, 0.717) is 12.8 Å². The van der Waals surface area contributed by atoms with Crippen molar-refractivity contribution in [2.24, 2.45) is 5.73 Å². The van der Waals surface area contributed by atoms with Crippen LogP contribution in [-0.2, 0) is 4.74 Å². The van der Waals surface area contributed by atoms with E-state index in [0.717, 1.165) is 12.8 Å². The van der Waals surface area contributed by atoms with Gasteiger partial charge in [0, 0.05) is 6.04 Å². The van der Waals surface area contributed by atoms with E-state index in [-0.39, 0.29) is 12.1 Å². The molecule has 6 heteroatoms. The number of alkyl halides is 3. The van der Waals surface area contributed by atoms with Crippen LogP contribution in [0.1, 0.15) is 25.7 Å². The Morgan fingerprint density at radius 3 is 2.27 bits per heavy atom. The highest BCUT2D eigenvalue weighted by Crippen LogP contribution is 2.23. The molecule has 3 nitrogen and oxygen atoms in total. The van der Waals surface area contributed by atoms with E-state index in [1.54, 1.807) is 0 Å². The first-order chi connectivity index (χ1) is 6.89. The number of rotatable bonds is 3. The maximum Gasteiger partial charge on any atom is 0.416 e. The summed E-state index contributed by atoms with van der Waals surface area (Å²) in [7, 11) is 0. The summed E-state index contributed by atoms with van der Waals surface area (Å²) >= 11 is 0. The molecule has 0 aromatic heterocycles. The van der Waals surface area contributed by atoms with Crippen LogP contribution in [0.2, 0.25) is 0 Å². The van der Waals surface area contributed by atoms with Gasteiger partial charge in [-0.2, -0.15) is 13.2 Å². The molecule has 0 spiro atoms. The number of hydrogen-bond acceptors (Lipinski definition) is 3. The lowest BCUT2D eigenvalue weighted by Crippen LogP contribution is -2.36. The molecule has 0 radical (unpaired) electrons. The van der Waals surface area contributed by atoms with Gasteiger partial charge in [0.05, 0.1) is 12.7 Å². The molecular weight excluding hydrogens is 211 g/mol. The maximum atomic E-state index is 11.9. The zero-order valence-corrected chi connectivity index (χ0v) is 8.33. The minimum absolute atomic E-state index is 0.136. The number of halogens is 3. The molecule has 1 saturated carbocycles. The largest absolute Gasteiger partial charge is 0.416 e. The average Bonchev–Trinajstić information content (AvgIpc) is 2.15. The molecule has 15 heavy (non-hydrogen) atoms. The highest BCUT2D eigenvalue weighted by molar-refractivity contribution is 4.75. The topological polar surface area (TPSA) is 55.5 Å². The molecule has 0 aromatic rings. The normalized spacial score (nSPS) is 30.2. The number of aliphatic hydroxyl groups excluding tert-OH is 1. The van der Waals surface area contributed by atoms with Crippen molar-refractivity contribution in [2.45, 2.75) is 50.1 Å². The van der Waals surface area contributed by atoms with Crippen molar-refractivity contribution in [3.05, 3.63) is 0 Å². The summed E-state index contributed by atoms with van der Waals surface area (Å²) in [5, 5.41) is 8.69. The van der Waals surface area contributed by atoms with E-state index in [1.165, 1.54) is 0 Å². The van der Waals surface area contributed by atoms with Crippen LogP contribution in [0, 0.1) is 0 Å². The van der Waals surface area contributed by atoms with Crippen molar-refractivity contribution < 1.29 is 23.0 Å². The molecule has 1 fully saturated rings. The number of aliphatic hydroxyl groups is 1. The van der Waals surface area contributed by atoms with Gasteiger partial charge in [0.1, 0.15) is 0 Å². The minimum atomic E-state index is -4.59. The third-order valence-electron chi connectivity index (χ3n) is 2.59. The molecule has 0 bridgehead atoms. The van der Waals surface area contributed by atoms with Crippen LogP contribution in [-0.4, -0.2) is 36.1 Å². The molecule has 1 aliphatic carbocycles. The molecule has 3 N–H and O–H groups in total. The maximum absolute atomic E-state index is 11.9. The lowest BCUT2D eigenvalue weighted by molar-refractivity contribution is -0.222. The second kappa shape index (κ2) is 5.14. The molecule has 1 rings (SSSR count). The Morgan fingerprint density at radius 1 is 1.27 bits per heavy atom. The van der Waals surface area contributed by atoms with Crippen molar-refractivity contribution in [3.8, 4) is 0 Å². The smallest absolute Gasteiger partial charge is 0.382 e. The van der Waals surface area contributed by atoms with E-state index in [1.807, 2.05) is 0 Å². The summed E-state index contributed by atoms with van der Waals surface area (Å²) in [5.41, 5.74) is 5.64. The van der Waals surface area contributed by atoms with Crippen molar-refractivity contribution in [2.75, 3.05) is 6.61 Å². The molecular formula is C9H16F3NO2. The van der Waals surface area contributed by atoms with Gasteiger partial charge >= 0.3 is 6.18 Å². The standard InChI is InChI=1S/C9H16F3NO2/c10-9(11,12)8(14)5-15-7-3-1-6(13)2-4-7/h6-8,14H,1-5,13H2. The van der Waals surface area contributed by atoms with Crippen molar-refractivity contribution in [1.82, 2.24) is 0 Å². The van der Waals surface area contributed by atoms with Gasteiger partial charge in [-0.3, -0.25) is 0 Å². The molecule has 90 valence electrons. The van der Waals surface area contributed by atoms with Crippen LogP contribution in [0.4, 0.5) is 13.2 Å². The fraction of sp³-hybridized carbons (Fsp3) is 1.00. The van der Waals surface area contributed by atoms with Crippen molar-refractivity contribution >= 4 is 0 Å². The second-order valence-corrected chi connectivity index (χ2v) is 3.93. The van der Waals surface area contributed by atoms with E-state index in [9.17, 15) is 13.2 Å². The van der Waals surface area contributed by atoms with Crippen LogP contribution in [0.3, 0.4) is 0 Å². The van der Waals surface area contributed by atoms with Gasteiger partial charge in [0.25, 0.3) is 0 Å². The fourth-order valence-corrected chi connectivity index (χ4v) is 1.58. The highest BCUT2D eigenvalue weighted by Gasteiger charge is 2.38. The van der Waals surface area contributed by atoms with Gasteiger partial charge in [0.15, 0.2) is 6.10 Å². The molecule has 1 unspecified atom stereocenters. The van der Waals surface area contributed by atoms with Gasteiger partial charge in [-0.15, -0.1) is 0 Å². The quantitative estimate of drug-likeness (QED) is 0.761. The zero-order valence-electron chi connectivity index (χ0n) is 8.33. The van der Waals surface area contributed by atoms with Gasteiger partial charge in [0.2, 0.25) is 0 Å². The Bertz CT molecular complexity index is 190. The van der Waals surface area contributed by atoms with Gasteiger partial charge < -0.3 is 15.6 Å². The van der Waals surface area contributed by atoms with Crippen LogP contribution >= 0.6 is 0 Å². The molecule has 1 aliphatic rings. The van der Waals surface area contributed by atoms with Gasteiger partial charge in [-0.05, 0) is 25.7 Å². The summed E-state index contributed by atoms with van der Waals surface area (Å²) < 4.78 is 40.7. The Hall–Kier alpha value is -0.330. The van der Waals surface area contributed by atoms with Crippen molar-refractivity contribution in [3.63, 3.8) is 0 Å². The predicted octanol–water partition coefficient (Wildman–Crippen LogP) is 1.20. The summed E-state index contributed by atoms with van der Waals surface area (Å²) in [4.78, 5) is 0. The van der Waals surface area contributed by atoms with Gasteiger partial charge in [-0.1, -0.05) is 0 Å². The molecule has 0 heterocycles. The summed E-state index contributed by atoms with van der Waals surface area (Å²) in [6, 6.07) is 0.136. The Morgan fingerprint density at radius 2 is 1.80 bits per heavy atom.